The first-order valence-electron chi connectivity index (χ1n) is 11.7. The standard InChI is InChI=1S/C24H35N5O3S/c1-7-14(3)26-19-11-13(2)18(12-25-19)21-20(24(32)29-10-8-9-15(29)4)28-23(33-21)22(31)27-16(5)17(6)30/h11-12,14-17,30H,7-10H2,1-6H3,(H,25,26)(H,27,31)/t14-,15+,16-,17+/m1/s1. The van der Waals surface area contributed by atoms with E-state index in [-0.39, 0.29) is 22.7 Å². The molecule has 33 heavy (non-hydrogen) atoms. The first-order valence-corrected chi connectivity index (χ1v) is 12.5. The van der Waals surface area contributed by atoms with E-state index in [0.29, 0.717) is 17.5 Å². The van der Waals surface area contributed by atoms with Crippen molar-refractivity contribution in [2.45, 2.75) is 85.0 Å². The number of anilines is 1. The van der Waals surface area contributed by atoms with Gasteiger partial charge in [0, 0.05) is 30.4 Å². The first kappa shape index (κ1) is 25.1. The number of carbonyl (C=O) groups is 2. The molecule has 3 rings (SSSR count). The second kappa shape index (κ2) is 10.6. The maximum atomic E-state index is 13.4. The summed E-state index contributed by atoms with van der Waals surface area (Å²) >= 11 is 1.19. The third-order valence-corrected chi connectivity index (χ3v) is 7.37. The number of aliphatic hydroxyl groups excluding tert-OH is 1. The van der Waals surface area contributed by atoms with Crippen LogP contribution in [0.15, 0.2) is 12.3 Å². The number of carbonyl (C=O) groups excluding carboxylic acids is 2. The fourth-order valence-electron chi connectivity index (χ4n) is 3.73. The second-order valence-electron chi connectivity index (χ2n) is 9.03. The van der Waals surface area contributed by atoms with Gasteiger partial charge in [-0.05, 0) is 65.5 Å². The van der Waals surface area contributed by atoms with E-state index in [4.69, 9.17) is 0 Å². The molecule has 0 spiro atoms. The zero-order chi connectivity index (χ0) is 24.3. The van der Waals surface area contributed by atoms with Crippen LogP contribution in [0, 0.1) is 6.92 Å². The molecule has 2 amide bonds. The third kappa shape index (κ3) is 5.70. The number of amides is 2. The molecule has 4 atom stereocenters. The van der Waals surface area contributed by atoms with Crippen molar-refractivity contribution < 1.29 is 14.7 Å². The molecular formula is C24H35N5O3S. The van der Waals surface area contributed by atoms with Crippen LogP contribution in [0.5, 0.6) is 0 Å². The Morgan fingerprint density at radius 1 is 1.33 bits per heavy atom. The highest BCUT2D eigenvalue weighted by Gasteiger charge is 2.32. The van der Waals surface area contributed by atoms with Gasteiger partial charge < -0.3 is 20.6 Å². The molecule has 3 heterocycles. The SMILES string of the molecule is CC[C@@H](C)Nc1cc(C)c(-c2sc(C(=O)N[C@H](C)[C@H](C)O)nc2C(=O)N2CCC[C@@H]2C)cn1. The average molecular weight is 474 g/mol. The molecule has 1 fully saturated rings. The predicted octanol–water partition coefficient (Wildman–Crippen LogP) is 3.85. The van der Waals surface area contributed by atoms with Gasteiger partial charge in [-0.25, -0.2) is 9.97 Å². The van der Waals surface area contributed by atoms with Crippen molar-refractivity contribution in [2.24, 2.45) is 0 Å². The Kier molecular flexibility index (Phi) is 8.07. The topological polar surface area (TPSA) is 107 Å². The molecule has 2 aromatic rings. The summed E-state index contributed by atoms with van der Waals surface area (Å²) in [4.78, 5) is 37.8. The minimum absolute atomic E-state index is 0.140. The summed E-state index contributed by atoms with van der Waals surface area (Å²) in [6.07, 6.45) is 3.95. The number of thiazole rings is 1. The Balaban J connectivity index is 2.00. The van der Waals surface area contributed by atoms with Crippen molar-refractivity contribution in [1.82, 2.24) is 20.2 Å². The molecule has 8 nitrogen and oxygen atoms in total. The quantitative estimate of drug-likeness (QED) is 0.538. The minimum Gasteiger partial charge on any atom is -0.391 e. The lowest BCUT2D eigenvalue weighted by atomic mass is 10.1. The number of hydrogen-bond donors (Lipinski definition) is 3. The van der Waals surface area contributed by atoms with Crippen molar-refractivity contribution >= 4 is 29.0 Å². The number of hydrogen-bond acceptors (Lipinski definition) is 7. The summed E-state index contributed by atoms with van der Waals surface area (Å²) in [5.41, 5.74) is 2.03. The molecule has 2 aromatic heterocycles. The number of nitrogens with zero attached hydrogens (tertiary/aromatic N) is 3. The molecule has 0 radical (unpaired) electrons. The molecule has 0 bridgehead atoms. The summed E-state index contributed by atoms with van der Waals surface area (Å²) in [7, 11) is 0. The van der Waals surface area contributed by atoms with Crippen LogP contribution in [-0.4, -0.2) is 62.6 Å². The van der Waals surface area contributed by atoms with Gasteiger partial charge in [-0.3, -0.25) is 9.59 Å². The summed E-state index contributed by atoms with van der Waals surface area (Å²) in [5.74, 6) is 0.221. The van der Waals surface area contributed by atoms with Gasteiger partial charge in [-0.15, -0.1) is 11.3 Å². The molecule has 1 aliphatic rings. The Hall–Kier alpha value is -2.52. The van der Waals surface area contributed by atoms with Crippen LogP contribution < -0.4 is 10.6 Å². The van der Waals surface area contributed by atoms with Gasteiger partial charge >= 0.3 is 0 Å². The van der Waals surface area contributed by atoms with E-state index in [2.05, 4.69) is 34.4 Å². The van der Waals surface area contributed by atoms with E-state index in [0.717, 1.165) is 36.2 Å². The van der Waals surface area contributed by atoms with Crippen molar-refractivity contribution in [3.63, 3.8) is 0 Å². The zero-order valence-electron chi connectivity index (χ0n) is 20.3. The van der Waals surface area contributed by atoms with Gasteiger partial charge in [0.1, 0.15) is 11.5 Å². The van der Waals surface area contributed by atoms with Crippen LogP contribution in [-0.2, 0) is 0 Å². The number of rotatable bonds is 8. The molecule has 1 saturated heterocycles. The lowest BCUT2D eigenvalue weighted by Crippen LogP contribution is -2.39. The molecular weight excluding hydrogens is 438 g/mol. The van der Waals surface area contributed by atoms with Crippen molar-refractivity contribution in [2.75, 3.05) is 11.9 Å². The van der Waals surface area contributed by atoms with E-state index >= 15 is 0 Å². The van der Waals surface area contributed by atoms with E-state index in [1.165, 1.54) is 11.3 Å². The van der Waals surface area contributed by atoms with Crippen LogP contribution in [0.1, 0.15) is 79.7 Å². The summed E-state index contributed by atoms with van der Waals surface area (Å²) in [6.45, 7) is 12.3. The Morgan fingerprint density at radius 2 is 2.06 bits per heavy atom. The fraction of sp³-hybridized carbons (Fsp3) is 0.583. The zero-order valence-corrected chi connectivity index (χ0v) is 21.1. The highest BCUT2D eigenvalue weighted by atomic mass is 32.1. The molecule has 0 aromatic carbocycles. The highest BCUT2D eigenvalue weighted by molar-refractivity contribution is 7.17. The van der Waals surface area contributed by atoms with Gasteiger partial charge in [-0.1, -0.05) is 6.92 Å². The molecule has 0 unspecified atom stereocenters. The molecule has 3 N–H and O–H groups in total. The van der Waals surface area contributed by atoms with E-state index in [9.17, 15) is 14.7 Å². The average Bonchev–Trinajstić information content (AvgIpc) is 3.39. The predicted molar refractivity (Wildman–Crippen MR) is 132 cm³/mol. The van der Waals surface area contributed by atoms with Gasteiger partial charge in [0.05, 0.1) is 17.0 Å². The largest absolute Gasteiger partial charge is 0.391 e. The number of nitrogens with one attached hydrogen (secondary N) is 2. The Labute approximate surface area is 199 Å². The molecule has 0 aliphatic carbocycles. The Bertz CT molecular complexity index is 1010. The van der Waals surface area contributed by atoms with Crippen LogP contribution in [0.2, 0.25) is 0 Å². The molecule has 9 heteroatoms. The van der Waals surface area contributed by atoms with E-state index in [1.807, 2.05) is 24.8 Å². The maximum absolute atomic E-state index is 13.4. The van der Waals surface area contributed by atoms with Gasteiger partial charge in [0.25, 0.3) is 11.8 Å². The summed E-state index contributed by atoms with van der Waals surface area (Å²) in [5, 5.41) is 16.1. The van der Waals surface area contributed by atoms with Crippen molar-refractivity contribution in [1.29, 1.82) is 0 Å². The normalized spacial score (nSPS) is 18.6. The third-order valence-electron chi connectivity index (χ3n) is 6.28. The maximum Gasteiger partial charge on any atom is 0.280 e. The monoisotopic (exact) mass is 473 g/mol. The van der Waals surface area contributed by atoms with E-state index < -0.39 is 18.1 Å². The summed E-state index contributed by atoms with van der Waals surface area (Å²) in [6, 6.07) is 1.97. The van der Waals surface area contributed by atoms with Gasteiger partial charge in [-0.2, -0.15) is 0 Å². The van der Waals surface area contributed by atoms with E-state index in [1.54, 1.807) is 20.0 Å². The minimum atomic E-state index is -0.697. The van der Waals surface area contributed by atoms with Crippen molar-refractivity contribution in [3.05, 3.63) is 28.5 Å². The lowest BCUT2D eigenvalue weighted by molar-refractivity contribution is 0.0743. The second-order valence-corrected chi connectivity index (χ2v) is 10.0. The first-order chi connectivity index (χ1) is 15.6. The Morgan fingerprint density at radius 3 is 2.64 bits per heavy atom. The van der Waals surface area contributed by atoms with Gasteiger partial charge in [0.15, 0.2) is 5.01 Å². The summed E-state index contributed by atoms with van der Waals surface area (Å²) < 4.78 is 0. The van der Waals surface area contributed by atoms with Crippen LogP contribution in [0.25, 0.3) is 10.4 Å². The van der Waals surface area contributed by atoms with Crippen molar-refractivity contribution in [3.8, 4) is 10.4 Å². The van der Waals surface area contributed by atoms with Crippen LogP contribution in [0.3, 0.4) is 0 Å². The number of pyridine rings is 1. The highest BCUT2D eigenvalue weighted by Crippen LogP contribution is 2.35. The smallest absolute Gasteiger partial charge is 0.280 e. The number of aryl methyl sites for hydroxylation is 1. The molecule has 1 aliphatic heterocycles. The van der Waals surface area contributed by atoms with Gasteiger partial charge in [0.2, 0.25) is 0 Å². The number of aliphatic hydroxyl groups is 1. The van der Waals surface area contributed by atoms with Crippen LogP contribution >= 0.6 is 11.3 Å². The number of aromatic nitrogens is 2. The fourth-order valence-corrected chi connectivity index (χ4v) is 4.77. The lowest BCUT2D eigenvalue weighted by Gasteiger charge is -2.21. The molecule has 0 saturated carbocycles. The number of likely N-dealkylation sites (tertiary alicyclic amines) is 1. The van der Waals surface area contributed by atoms with Crippen LogP contribution in [0.4, 0.5) is 5.82 Å². The molecule has 180 valence electrons.